The number of amides is 2. The third-order valence-electron chi connectivity index (χ3n) is 6.16. The molecule has 2 bridgehead atoms. The van der Waals surface area contributed by atoms with Crippen LogP contribution < -0.4 is 5.32 Å². The first kappa shape index (κ1) is 19.2. The summed E-state index contributed by atoms with van der Waals surface area (Å²) in [7, 11) is 1.86. The van der Waals surface area contributed by atoms with Gasteiger partial charge in [0.05, 0.1) is 6.20 Å². The molecule has 144 valence electrons. The highest BCUT2D eigenvalue weighted by molar-refractivity contribution is 5.89. The van der Waals surface area contributed by atoms with Crippen molar-refractivity contribution < 1.29 is 9.59 Å². The second-order valence-electron chi connectivity index (χ2n) is 7.74. The molecule has 3 saturated heterocycles. The Morgan fingerprint density at radius 2 is 2.19 bits per heavy atom. The first-order valence-electron chi connectivity index (χ1n) is 9.39. The maximum atomic E-state index is 13.2. The summed E-state index contributed by atoms with van der Waals surface area (Å²) in [5, 5.41) is 10.2. The Bertz CT molecular complexity index is 638. The van der Waals surface area contributed by atoms with Gasteiger partial charge in [-0.3, -0.25) is 14.7 Å². The lowest BCUT2D eigenvalue weighted by Gasteiger charge is -2.54. The van der Waals surface area contributed by atoms with Gasteiger partial charge in [0.2, 0.25) is 11.8 Å². The largest absolute Gasteiger partial charge is 0.344 e. The summed E-state index contributed by atoms with van der Waals surface area (Å²) in [6, 6.07) is -0.0577. The van der Waals surface area contributed by atoms with E-state index in [4.69, 9.17) is 0 Å². The van der Waals surface area contributed by atoms with Crippen molar-refractivity contribution in [2.45, 2.75) is 44.2 Å². The van der Waals surface area contributed by atoms with Crippen LogP contribution in [-0.2, 0) is 16.0 Å². The summed E-state index contributed by atoms with van der Waals surface area (Å²) < 4.78 is 0. The van der Waals surface area contributed by atoms with Gasteiger partial charge in [-0.05, 0) is 43.7 Å². The van der Waals surface area contributed by atoms with E-state index in [1.54, 1.807) is 11.1 Å². The van der Waals surface area contributed by atoms with Gasteiger partial charge in [-0.15, -0.1) is 12.4 Å². The molecule has 1 aromatic rings. The third kappa shape index (κ3) is 3.47. The predicted molar refractivity (Wildman–Crippen MR) is 99.9 cm³/mol. The minimum atomic E-state index is -0.295. The first-order chi connectivity index (χ1) is 12.1. The van der Waals surface area contributed by atoms with E-state index in [1.165, 1.54) is 0 Å². The molecule has 3 aliphatic rings. The number of halogens is 1. The fourth-order valence-electron chi connectivity index (χ4n) is 4.88. The van der Waals surface area contributed by atoms with Crippen molar-refractivity contribution in [1.29, 1.82) is 0 Å². The zero-order valence-electron chi connectivity index (χ0n) is 15.2. The Balaban J connectivity index is 0.00000196. The second kappa shape index (κ2) is 7.96. The van der Waals surface area contributed by atoms with E-state index in [2.05, 4.69) is 15.5 Å². The van der Waals surface area contributed by atoms with Gasteiger partial charge in [0.1, 0.15) is 6.04 Å². The molecule has 0 aliphatic carbocycles. The zero-order valence-corrected chi connectivity index (χ0v) is 16.0. The summed E-state index contributed by atoms with van der Waals surface area (Å²) in [5.41, 5.74) is 1.09. The number of aromatic nitrogens is 2. The topological polar surface area (TPSA) is 81.3 Å². The van der Waals surface area contributed by atoms with Crippen LogP contribution in [0.1, 0.15) is 31.2 Å². The number of hydrogen-bond donors (Lipinski definition) is 2. The van der Waals surface area contributed by atoms with Crippen LogP contribution in [0.15, 0.2) is 12.4 Å². The normalized spacial score (nSPS) is 30.3. The minimum absolute atomic E-state index is 0. The molecule has 2 amide bonds. The Morgan fingerprint density at radius 3 is 2.96 bits per heavy atom. The molecule has 0 aromatic carbocycles. The molecule has 1 aromatic heterocycles. The zero-order chi connectivity index (χ0) is 17.4. The van der Waals surface area contributed by atoms with Gasteiger partial charge in [-0.1, -0.05) is 0 Å². The molecule has 0 radical (unpaired) electrons. The van der Waals surface area contributed by atoms with E-state index in [0.717, 1.165) is 44.3 Å². The molecule has 4 atom stereocenters. The van der Waals surface area contributed by atoms with E-state index in [-0.39, 0.29) is 42.2 Å². The smallest absolute Gasteiger partial charge is 0.245 e. The number of H-pyrrole nitrogens is 1. The molecule has 0 spiro atoms. The van der Waals surface area contributed by atoms with E-state index in [0.29, 0.717) is 18.9 Å². The van der Waals surface area contributed by atoms with Crippen LogP contribution in [0.4, 0.5) is 0 Å². The second-order valence-corrected chi connectivity index (χ2v) is 7.74. The Labute approximate surface area is 160 Å². The van der Waals surface area contributed by atoms with Crippen molar-refractivity contribution in [3.8, 4) is 0 Å². The summed E-state index contributed by atoms with van der Waals surface area (Å²) >= 11 is 0. The van der Waals surface area contributed by atoms with Crippen LogP contribution in [-0.4, -0.2) is 70.6 Å². The number of fused-ring (bicyclic) bond motifs is 4. The van der Waals surface area contributed by atoms with Gasteiger partial charge in [0.15, 0.2) is 0 Å². The maximum absolute atomic E-state index is 13.2. The lowest BCUT2D eigenvalue weighted by Crippen LogP contribution is -2.68. The van der Waals surface area contributed by atoms with Gasteiger partial charge in [0, 0.05) is 44.7 Å². The molecular formula is C18H28ClN5O2. The van der Waals surface area contributed by atoms with E-state index < -0.39 is 0 Å². The van der Waals surface area contributed by atoms with Crippen LogP contribution in [0.3, 0.4) is 0 Å². The Hall–Kier alpha value is -1.60. The molecule has 0 saturated carbocycles. The average Bonchev–Trinajstić information content (AvgIpc) is 3.14. The van der Waals surface area contributed by atoms with Crippen molar-refractivity contribution >= 4 is 24.2 Å². The number of carbonyl (C=O) groups excluding carboxylic acids is 2. The van der Waals surface area contributed by atoms with Crippen LogP contribution in [0.25, 0.3) is 0 Å². The number of nitrogens with one attached hydrogen (secondary N) is 2. The molecule has 7 nitrogen and oxygen atoms in total. The van der Waals surface area contributed by atoms with Crippen molar-refractivity contribution in [2.24, 2.45) is 11.8 Å². The van der Waals surface area contributed by atoms with Gasteiger partial charge in [0.25, 0.3) is 0 Å². The Kier molecular flexibility index (Phi) is 5.87. The minimum Gasteiger partial charge on any atom is -0.344 e. The van der Waals surface area contributed by atoms with Crippen molar-refractivity contribution in [2.75, 3.05) is 26.7 Å². The number of piperidine rings is 3. The van der Waals surface area contributed by atoms with Gasteiger partial charge < -0.3 is 15.1 Å². The molecular weight excluding hydrogens is 354 g/mol. The van der Waals surface area contributed by atoms with Gasteiger partial charge in [-0.2, -0.15) is 5.10 Å². The molecule has 2 N–H and O–H groups in total. The lowest BCUT2D eigenvalue weighted by atomic mass is 9.72. The quantitative estimate of drug-likeness (QED) is 0.809. The highest BCUT2D eigenvalue weighted by Gasteiger charge is 2.50. The highest BCUT2D eigenvalue weighted by Crippen LogP contribution is 2.40. The fraction of sp³-hybridized carbons (Fsp3) is 0.722. The summed E-state index contributed by atoms with van der Waals surface area (Å²) in [6.45, 7) is 2.45. The van der Waals surface area contributed by atoms with Crippen LogP contribution >= 0.6 is 12.4 Å². The number of likely N-dealkylation sites (N-methyl/N-ethyl adjacent to an activating group) is 1. The summed E-state index contributed by atoms with van der Waals surface area (Å²) in [5.74, 6) is 1.01. The number of hydrogen-bond acceptors (Lipinski definition) is 4. The summed E-state index contributed by atoms with van der Waals surface area (Å²) in [6.07, 6.45) is 8.07. The molecule has 8 heteroatoms. The molecule has 3 fully saturated rings. The van der Waals surface area contributed by atoms with Gasteiger partial charge in [-0.25, -0.2) is 0 Å². The van der Waals surface area contributed by atoms with Crippen molar-refractivity contribution in [3.63, 3.8) is 0 Å². The molecule has 4 heterocycles. The molecule has 0 unspecified atom stereocenters. The molecule has 26 heavy (non-hydrogen) atoms. The van der Waals surface area contributed by atoms with Crippen LogP contribution in [0.2, 0.25) is 0 Å². The number of rotatable bonds is 4. The third-order valence-corrected chi connectivity index (χ3v) is 6.16. The lowest BCUT2D eigenvalue weighted by molar-refractivity contribution is -0.161. The number of aromatic amines is 1. The Morgan fingerprint density at radius 1 is 1.38 bits per heavy atom. The predicted octanol–water partition coefficient (Wildman–Crippen LogP) is 0.821. The van der Waals surface area contributed by atoms with E-state index in [9.17, 15) is 9.59 Å². The number of nitrogens with zero attached hydrogens (tertiary/aromatic N) is 3. The van der Waals surface area contributed by atoms with E-state index in [1.807, 2.05) is 18.1 Å². The standard InChI is InChI=1S/C18H27N5O2.ClH/c1-22(6-5-12-8-20-21-9-12)18(25)17-14-7-13(10-19-11-14)15-3-2-4-16(24)23(15)17;/h8-9,13-15,17,19H,2-7,10-11H2,1H3,(H,20,21);1H/t13-,14+,15+,17-;/m1./s1. The fourth-order valence-corrected chi connectivity index (χ4v) is 4.88. The first-order valence-corrected chi connectivity index (χ1v) is 9.39. The average molecular weight is 382 g/mol. The van der Waals surface area contributed by atoms with Gasteiger partial charge >= 0.3 is 0 Å². The van der Waals surface area contributed by atoms with Crippen LogP contribution in [0.5, 0.6) is 0 Å². The monoisotopic (exact) mass is 381 g/mol. The maximum Gasteiger partial charge on any atom is 0.245 e. The van der Waals surface area contributed by atoms with Crippen LogP contribution in [0, 0.1) is 11.8 Å². The van der Waals surface area contributed by atoms with Crippen molar-refractivity contribution in [3.05, 3.63) is 18.0 Å². The number of carbonyl (C=O) groups is 2. The molecule has 4 rings (SSSR count). The van der Waals surface area contributed by atoms with E-state index >= 15 is 0 Å². The summed E-state index contributed by atoms with van der Waals surface area (Å²) in [4.78, 5) is 29.7. The highest BCUT2D eigenvalue weighted by atomic mass is 35.5. The SMILES string of the molecule is CN(CCc1cn[nH]c1)C(=O)[C@H]1[C@@H]2CNC[C@@H](C2)[C@@H]2CCCC(=O)N21.Cl. The van der Waals surface area contributed by atoms with Crippen molar-refractivity contribution in [1.82, 2.24) is 25.3 Å². The molecule has 3 aliphatic heterocycles.